The van der Waals surface area contributed by atoms with Gasteiger partial charge >= 0.3 is 11.9 Å². The van der Waals surface area contributed by atoms with Crippen molar-refractivity contribution in [3.8, 4) is 0 Å². The lowest BCUT2D eigenvalue weighted by Crippen LogP contribution is -2.49. The highest BCUT2D eigenvalue weighted by Crippen LogP contribution is 2.29. The van der Waals surface area contributed by atoms with Gasteiger partial charge in [0.25, 0.3) is 0 Å². The van der Waals surface area contributed by atoms with Crippen LogP contribution in [0.5, 0.6) is 0 Å². The molecule has 1 N–H and O–H groups in total. The Morgan fingerprint density at radius 3 is 2.36 bits per heavy atom. The van der Waals surface area contributed by atoms with Gasteiger partial charge in [-0.15, -0.1) is 0 Å². The van der Waals surface area contributed by atoms with Crippen LogP contribution in [0.2, 0.25) is 0 Å². The normalized spacial score (nSPS) is 21.4. The zero-order valence-electron chi connectivity index (χ0n) is 15.4. The molecule has 4 atom stereocenters. The summed E-state index contributed by atoms with van der Waals surface area (Å²) in [4.78, 5) is 24.4. The van der Waals surface area contributed by atoms with Crippen LogP contribution >= 0.6 is 0 Å². The number of rotatable bonds is 6. The molecule has 7 heteroatoms. The third-order valence-corrected chi connectivity index (χ3v) is 4.41. The van der Waals surface area contributed by atoms with Crippen LogP contribution in [0, 0.1) is 0 Å². The summed E-state index contributed by atoms with van der Waals surface area (Å²) in [7, 11) is 1.15. The summed E-state index contributed by atoms with van der Waals surface area (Å²) >= 11 is 0. The average Bonchev–Trinajstić information content (AvgIpc) is 2.77. The molecule has 7 nitrogen and oxygen atoms in total. The van der Waals surface area contributed by atoms with E-state index in [-0.39, 0.29) is 0 Å². The Hall–Kier alpha value is -2.74. The molecule has 28 heavy (non-hydrogen) atoms. The number of hydrogen-bond donors (Lipinski definition) is 1. The molecule has 0 unspecified atom stereocenters. The van der Waals surface area contributed by atoms with Gasteiger partial charge in [0, 0.05) is 12.0 Å². The molecule has 0 amide bonds. The van der Waals surface area contributed by atoms with Gasteiger partial charge in [-0.05, 0) is 12.1 Å². The van der Waals surface area contributed by atoms with Gasteiger partial charge < -0.3 is 24.1 Å². The van der Waals surface area contributed by atoms with Crippen molar-refractivity contribution in [2.75, 3.05) is 13.7 Å². The Morgan fingerprint density at radius 2 is 1.71 bits per heavy atom. The summed E-state index contributed by atoms with van der Waals surface area (Å²) in [5.74, 6) is -1.57. The predicted octanol–water partition coefficient (Wildman–Crippen LogP) is 2.25. The molecule has 0 bridgehead atoms. The Labute approximate surface area is 162 Å². The van der Waals surface area contributed by atoms with Crippen molar-refractivity contribution in [3.05, 3.63) is 71.8 Å². The third kappa shape index (κ3) is 4.75. The first-order valence-corrected chi connectivity index (χ1v) is 8.94. The minimum Gasteiger partial charge on any atom is -0.467 e. The van der Waals surface area contributed by atoms with E-state index in [1.165, 1.54) is 0 Å². The fourth-order valence-electron chi connectivity index (χ4n) is 2.95. The molecule has 1 fully saturated rings. The summed E-state index contributed by atoms with van der Waals surface area (Å²) in [6.07, 6.45) is -4.03. The highest BCUT2D eigenvalue weighted by Gasteiger charge is 2.41. The van der Waals surface area contributed by atoms with Crippen molar-refractivity contribution in [2.24, 2.45) is 0 Å². The maximum Gasteiger partial charge on any atom is 0.338 e. The maximum absolute atomic E-state index is 12.5. The number of methoxy groups -OCH3 is 1. The van der Waals surface area contributed by atoms with Crippen LogP contribution in [-0.2, 0) is 23.7 Å². The number of carbonyl (C=O) groups excluding carboxylic acids is 2. The molecule has 0 spiro atoms. The molecule has 0 radical (unpaired) electrons. The fraction of sp³-hybridized carbons (Fsp3) is 0.333. The Balaban J connectivity index is 1.79. The van der Waals surface area contributed by atoms with E-state index in [9.17, 15) is 14.7 Å². The molecule has 0 aliphatic carbocycles. The molecule has 1 saturated heterocycles. The zero-order valence-corrected chi connectivity index (χ0v) is 15.4. The summed E-state index contributed by atoms with van der Waals surface area (Å²) in [6, 6.07) is 17.6. The number of hydrogen-bond acceptors (Lipinski definition) is 7. The second kappa shape index (κ2) is 9.45. The number of aliphatic hydroxyl groups is 1. The molecule has 0 saturated carbocycles. The first-order chi connectivity index (χ1) is 13.6. The number of aliphatic hydroxyl groups excluding tert-OH is 1. The molecule has 2 aromatic carbocycles. The molecule has 0 aromatic heterocycles. The average molecular weight is 386 g/mol. The van der Waals surface area contributed by atoms with Gasteiger partial charge in [0.15, 0.2) is 18.5 Å². The van der Waals surface area contributed by atoms with Crippen molar-refractivity contribution >= 4 is 11.9 Å². The minimum absolute atomic E-state index is 0.302. The Morgan fingerprint density at radius 1 is 1.07 bits per heavy atom. The fourth-order valence-corrected chi connectivity index (χ4v) is 2.95. The third-order valence-electron chi connectivity index (χ3n) is 4.41. The van der Waals surface area contributed by atoms with Crippen LogP contribution in [0.25, 0.3) is 0 Å². The van der Waals surface area contributed by atoms with Crippen LogP contribution in [0.15, 0.2) is 60.7 Å². The number of ether oxygens (including phenoxy) is 4. The largest absolute Gasteiger partial charge is 0.467 e. The zero-order chi connectivity index (χ0) is 19.9. The van der Waals surface area contributed by atoms with E-state index >= 15 is 0 Å². The van der Waals surface area contributed by atoms with E-state index in [1.807, 2.05) is 30.3 Å². The molecule has 148 valence electrons. The highest BCUT2D eigenvalue weighted by atomic mass is 16.7. The van der Waals surface area contributed by atoms with E-state index in [1.54, 1.807) is 30.3 Å². The second-order valence-corrected chi connectivity index (χ2v) is 6.28. The topological polar surface area (TPSA) is 91.3 Å². The van der Waals surface area contributed by atoms with Gasteiger partial charge in [-0.2, -0.15) is 0 Å². The quantitative estimate of drug-likeness (QED) is 0.762. The lowest BCUT2D eigenvalue weighted by Gasteiger charge is -2.36. The lowest BCUT2D eigenvalue weighted by atomic mass is 10.0. The first kappa shape index (κ1) is 20.0. The molecule has 1 aliphatic rings. The van der Waals surface area contributed by atoms with E-state index < -0.39 is 36.5 Å². The molecular weight excluding hydrogens is 364 g/mol. The van der Waals surface area contributed by atoms with Gasteiger partial charge in [-0.25, -0.2) is 9.59 Å². The van der Waals surface area contributed by atoms with Crippen LogP contribution in [0.4, 0.5) is 0 Å². The first-order valence-electron chi connectivity index (χ1n) is 8.94. The van der Waals surface area contributed by atoms with Crippen molar-refractivity contribution in [1.29, 1.82) is 0 Å². The van der Waals surface area contributed by atoms with Crippen molar-refractivity contribution < 1.29 is 33.6 Å². The summed E-state index contributed by atoms with van der Waals surface area (Å²) in [5, 5.41) is 10.4. The van der Waals surface area contributed by atoms with Gasteiger partial charge in [0.2, 0.25) is 0 Å². The predicted molar refractivity (Wildman–Crippen MR) is 98.3 cm³/mol. The lowest BCUT2D eigenvalue weighted by molar-refractivity contribution is -0.247. The molecular formula is C21H22O7. The van der Waals surface area contributed by atoms with Crippen molar-refractivity contribution in [1.82, 2.24) is 0 Å². The van der Waals surface area contributed by atoms with Crippen LogP contribution < -0.4 is 0 Å². The molecule has 1 heterocycles. The van der Waals surface area contributed by atoms with E-state index in [0.29, 0.717) is 18.6 Å². The monoisotopic (exact) mass is 386 g/mol. The van der Waals surface area contributed by atoms with Gasteiger partial charge in [-0.3, -0.25) is 0 Å². The number of esters is 2. The molecule has 1 aliphatic heterocycles. The summed E-state index contributed by atoms with van der Waals surface area (Å²) in [5.41, 5.74) is 1.09. The van der Waals surface area contributed by atoms with E-state index in [2.05, 4.69) is 4.74 Å². The van der Waals surface area contributed by atoms with Crippen molar-refractivity contribution in [3.63, 3.8) is 0 Å². The Bertz CT molecular complexity index is 778. The van der Waals surface area contributed by atoms with Crippen LogP contribution in [-0.4, -0.2) is 49.1 Å². The number of benzene rings is 2. The van der Waals surface area contributed by atoms with Crippen LogP contribution in [0.1, 0.15) is 28.6 Å². The van der Waals surface area contributed by atoms with E-state index in [4.69, 9.17) is 14.2 Å². The minimum atomic E-state index is -1.68. The molecule has 3 rings (SSSR count). The SMILES string of the molecule is COC(=O)[C@H](O)[C@@H](OC(=O)c1ccccc1)[C@H]1CCO[C@@H](c2ccccc2)O1. The standard InChI is InChI=1S/C21H22O7/c1-25-20(24)17(22)18(28-19(23)14-8-4-2-5-9-14)16-12-13-26-21(27-16)15-10-6-3-7-11-15/h2-11,16-18,21-22H,12-13H2,1H3/t16-,17-,18+,21-/m1/s1. The number of carbonyl (C=O) groups is 2. The van der Waals surface area contributed by atoms with Crippen LogP contribution in [0.3, 0.4) is 0 Å². The Kier molecular flexibility index (Phi) is 6.76. The van der Waals surface area contributed by atoms with E-state index in [0.717, 1.165) is 12.7 Å². The smallest absolute Gasteiger partial charge is 0.338 e. The molecule has 2 aromatic rings. The second-order valence-electron chi connectivity index (χ2n) is 6.28. The van der Waals surface area contributed by atoms with Gasteiger partial charge in [0.05, 0.1) is 19.3 Å². The summed E-state index contributed by atoms with van der Waals surface area (Å²) < 4.78 is 21.7. The maximum atomic E-state index is 12.5. The van der Waals surface area contributed by atoms with Crippen molar-refractivity contribution in [2.45, 2.75) is 31.0 Å². The van der Waals surface area contributed by atoms with Gasteiger partial charge in [0.1, 0.15) is 6.10 Å². The highest BCUT2D eigenvalue weighted by molar-refractivity contribution is 5.89. The van der Waals surface area contributed by atoms with Gasteiger partial charge in [-0.1, -0.05) is 48.5 Å². The summed E-state index contributed by atoms with van der Waals surface area (Å²) in [6.45, 7) is 0.317.